The van der Waals surface area contributed by atoms with Gasteiger partial charge in [0.25, 0.3) is 5.91 Å². The third kappa shape index (κ3) is 3.46. The molecule has 88 valence electrons. The molecule has 5 nitrogen and oxygen atoms in total. The number of nitrogens with zero attached hydrogens (tertiary/aromatic N) is 1. The molecule has 0 fully saturated rings. The Balaban J connectivity index is 1.84. The summed E-state index contributed by atoms with van der Waals surface area (Å²) in [5, 5.41) is 4.97. The SMILES string of the molecule is Nc1cccc(OCC(=O)Nc2nccs2)c1. The average Bonchev–Trinajstić information content (AvgIpc) is 2.79. The fraction of sp³-hybridized carbons (Fsp3) is 0.0909. The second-order valence-electron chi connectivity index (χ2n) is 3.25. The molecule has 0 aliphatic carbocycles. The van der Waals surface area contributed by atoms with Gasteiger partial charge in [0.15, 0.2) is 11.7 Å². The van der Waals surface area contributed by atoms with Gasteiger partial charge in [-0.2, -0.15) is 0 Å². The van der Waals surface area contributed by atoms with Gasteiger partial charge < -0.3 is 10.5 Å². The van der Waals surface area contributed by atoms with E-state index in [0.717, 1.165) is 0 Å². The summed E-state index contributed by atoms with van der Waals surface area (Å²) in [7, 11) is 0. The summed E-state index contributed by atoms with van der Waals surface area (Å²) >= 11 is 1.36. The standard InChI is InChI=1S/C11H11N3O2S/c12-8-2-1-3-9(6-8)16-7-10(15)14-11-13-4-5-17-11/h1-6H,7,12H2,(H,13,14,15). The summed E-state index contributed by atoms with van der Waals surface area (Å²) in [6.07, 6.45) is 1.62. The second-order valence-corrected chi connectivity index (χ2v) is 4.14. The zero-order chi connectivity index (χ0) is 12.1. The average molecular weight is 249 g/mol. The number of hydrogen-bond acceptors (Lipinski definition) is 5. The van der Waals surface area contributed by atoms with Crippen molar-refractivity contribution in [1.29, 1.82) is 0 Å². The molecule has 0 atom stereocenters. The van der Waals surface area contributed by atoms with Crippen LogP contribution in [0.5, 0.6) is 5.75 Å². The highest BCUT2D eigenvalue weighted by Crippen LogP contribution is 2.14. The van der Waals surface area contributed by atoms with E-state index in [1.807, 2.05) is 0 Å². The normalized spacial score (nSPS) is 9.88. The Kier molecular flexibility index (Phi) is 3.56. The molecule has 6 heteroatoms. The van der Waals surface area contributed by atoms with E-state index >= 15 is 0 Å². The Morgan fingerprint density at radius 1 is 1.53 bits per heavy atom. The fourth-order valence-corrected chi connectivity index (χ4v) is 1.74. The van der Waals surface area contributed by atoms with Crippen molar-refractivity contribution in [3.63, 3.8) is 0 Å². The maximum Gasteiger partial charge on any atom is 0.264 e. The molecule has 3 N–H and O–H groups in total. The number of nitrogens with one attached hydrogen (secondary N) is 1. The maximum atomic E-state index is 11.5. The molecule has 0 saturated carbocycles. The number of benzene rings is 1. The third-order valence-electron chi connectivity index (χ3n) is 1.91. The van der Waals surface area contributed by atoms with Crippen molar-refractivity contribution in [2.75, 3.05) is 17.7 Å². The Morgan fingerprint density at radius 2 is 2.41 bits per heavy atom. The van der Waals surface area contributed by atoms with E-state index in [1.54, 1.807) is 35.8 Å². The van der Waals surface area contributed by atoms with Gasteiger partial charge in [-0.05, 0) is 12.1 Å². The molecule has 1 amide bonds. The molecule has 0 unspecified atom stereocenters. The molecular weight excluding hydrogens is 238 g/mol. The van der Waals surface area contributed by atoms with E-state index in [1.165, 1.54) is 11.3 Å². The Bertz CT molecular complexity index is 499. The molecule has 0 radical (unpaired) electrons. The number of nitrogens with two attached hydrogens (primary N) is 1. The number of anilines is 2. The van der Waals surface area contributed by atoms with Gasteiger partial charge in [-0.3, -0.25) is 10.1 Å². The lowest BCUT2D eigenvalue weighted by atomic mass is 10.3. The van der Waals surface area contributed by atoms with Crippen LogP contribution < -0.4 is 15.8 Å². The van der Waals surface area contributed by atoms with Crippen LogP contribution in [-0.2, 0) is 4.79 Å². The molecule has 2 aromatic rings. The van der Waals surface area contributed by atoms with Crippen molar-refractivity contribution < 1.29 is 9.53 Å². The largest absolute Gasteiger partial charge is 0.484 e. The summed E-state index contributed by atoms with van der Waals surface area (Å²) in [6.45, 7) is -0.0664. The molecule has 0 aliphatic rings. The fourth-order valence-electron chi connectivity index (χ4n) is 1.19. The lowest BCUT2D eigenvalue weighted by Gasteiger charge is -2.06. The van der Waals surface area contributed by atoms with Gasteiger partial charge in [-0.15, -0.1) is 11.3 Å². The molecule has 2 rings (SSSR count). The maximum absolute atomic E-state index is 11.5. The Hall–Kier alpha value is -2.08. The summed E-state index contributed by atoms with van der Waals surface area (Å²) in [5.41, 5.74) is 6.19. The highest BCUT2D eigenvalue weighted by Gasteiger charge is 2.05. The predicted octanol–water partition coefficient (Wildman–Crippen LogP) is 1.74. The van der Waals surface area contributed by atoms with E-state index in [-0.39, 0.29) is 12.5 Å². The van der Waals surface area contributed by atoms with Gasteiger partial charge >= 0.3 is 0 Å². The first-order valence-electron chi connectivity index (χ1n) is 4.92. The van der Waals surface area contributed by atoms with Crippen LogP contribution in [0.3, 0.4) is 0 Å². The number of carbonyl (C=O) groups excluding carboxylic acids is 1. The van der Waals surface area contributed by atoms with Crippen molar-refractivity contribution >= 4 is 28.1 Å². The van der Waals surface area contributed by atoms with Crippen molar-refractivity contribution in [3.05, 3.63) is 35.8 Å². The van der Waals surface area contributed by atoms with Gasteiger partial charge in [0.05, 0.1) is 0 Å². The van der Waals surface area contributed by atoms with E-state index in [2.05, 4.69) is 10.3 Å². The number of hydrogen-bond donors (Lipinski definition) is 2. The van der Waals surface area contributed by atoms with E-state index in [4.69, 9.17) is 10.5 Å². The van der Waals surface area contributed by atoms with Crippen LogP contribution in [0.1, 0.15) is 0 Å². The third-order valence-corrected chi connectivity index (χ3v) is 2.60. The summed E-state index contributed by atoms with van der Waals surface area (Å²) in [4.78, 5) is 15.4. The van der Waals surface area contributed by atoms with Gasteiger partial charge in [0.1, 0.15) is 5.75 Å². The van der Waals surface area contributed by atoms with Gasteiger partial charge in [-0.25, -0.2) is 4.98 Å². The quantitative estimate of drug-likeness (QED) is 0.809. The predicted molar refractivity (Wildman–Crippen MR) is 67.1 cm³/mol. The smallest absolute Gasteiger partial charge is 0.264 e. The topological polar surface area (TPSA) is 77.2 Å². The Labute approximate surface area is 102 Å². The number of nitrogen functional groups attached to an aromatic ring is 1. The van der Waals surface area contributed by atoms with E-state index in [9.17, 15) is 4.79 Å². The zero-order valence-corrected chi connectivity index (χ0v) is 9.74. The first kappa shape index (κ1) is 11.4. The zero-order valence-electron chi connectivity index (χ0n) is 8.92. The van der Waals surface area contributed by atoms with Crippen LogP contribution in [0.2, 0.25) is 0 Å². The first-order valence-corrected chi connectivity index (χ1v) is 5.80. The first-order chi connectivity index (χ1) is 8.24. The number of thiazole rings is 1. The number of amides is 1. The summed E-state index contributed by atoms with van der Waals surface area (Å²) < 4.78 is 5.28. The summed E-state index contributed by atoms with van der Waals surface area (Å²) in [5.74, 6) is 0.321. The van der Waals surface area contributed by atoms with Crippen molar-refractivity contribution in [2.45, 2.75) is 0 Å². The number of rotatable bonds is 4. The monoisotopic (exact) mass is 249 g/mol. The number of aromatic nitrogens is 1. The molecule has 0 spiro atoms. The molecule has 1 heterocycles. The molecular formula is C11H11N3O2S. The van der Waals surface area contributed by atoms with Gasteiger partial charge in [0, 0.05) is 23.3 Å². The van der Waals surface area contributed by atoms with Crippen LogP contribution in [-0.4, -0.2) is 17.5 Å². The van der Waals surface area contributed by atoms with Crippen LogP contribution in [0.15, 0.2) is 35.8 Å². The molecule has 0 aliphatic heterocycles. The highest BCUT2D eigenvalue weighted by molar-refractivity contribution is 7.13. The number of carbonyl (C=O) groups is 1. The lowest BCUT2D eigenvalue weighted by molar-refractivity contribution is -0.118. The van der Waals surface area contributed by atoms with Crippen LogP contribution >= 0.6 is 11.3 Å². The molecule has 0 bridgehead atoms. The summed E-state index contributed by atoms with van der Waals surface area (Å²) in [6, 6.07) is 6.93. The molecule has 1 aromatic carbocycles. The highest BCUT2D eigenvalue weighted by atomic mass is 32.1. The second kappa shape index (κ2) is 5.31. The Morgan fingerprint density at radius 3 is 3.12 bits per heavy atom. The van der Waals surface area contributed by atoms with Crippen LogP contribution in [0, 0.1) is 0 Å². The number of ether oxygens (including phenoxy) is 1. The van der Waals surface area contributed by atoms with Crippen LogP contribution in [0.25, 0.3) is 0 Å². The van der Waals surface area contributed by atoms with Crippen molar-refractivity contribution in [1.82, 2.24) is 4.98 Å². The van der Waals surface area contributed by atoms with Crippen molar-refractivity contribution in [3.8, 4) is 5.75 Å². The van der Waals surface area contributed by atoms with Crippen LogP contribution in [0.4, 0.5) is 10.8 Å². The van der Waals surface area contributed by atoms with Gasteiger partial charge in [0.2, 0.25) is 0 Å². The van der Waals surface area contributed by atoms with Gasteiger partial charge in [-0.1, -0.05) is 6.07 Å². The minimum absolute atomic E-state index is 0.0664. The minimum atomic E-state index is -0.248. The van der Waals surface area contributed by atoms with E-state index in [0.29, 0.717) is 16.6 Å². The molecule has 17 heavy (non-hydrogen) atoms. The lowest BCUT2D eigenvalue weighted by Crippen LogP contribution is -2.19. The molecule has 0 saturated heterocycles. The molecule has 1 aromatic heterocycles. The minimum Gasteiger partial charge on any atom is -0.484 e. The van der Waals surface area contributed by atoms with Crippen molar-refractivity contribution in [2.24, 2.45) is 0 Å². The van der Waals surface area contributed by atoms with E-state index < -0.39 is 0 Å².